The second-order valence-electron chi connectivity index (χ2n) is 2.01. The van der Waals surface area contributed by atoms with Gasteiger partial charge in [0.15, 0.2) is 12.0 Å². The lowest BCUT2D eigenvalue weighted by Gasteiger charge is -1.80. The molecule has 1 rings (SSSR count). The molecule has 0 saturated heterocycles. The number of aldehydes is 1. The predicted molar refractivity (Wildman–Crippen MR) is 37.0 cm³/mol. The van der Waals surface area contributed by atoms with Crippen LogP contribution in [-0.4, -0.2) is 14.1 Å². The summed E-state index contributed by atoms with van der Waals surface area (Å²) in [6.07, 6.45) is 0.708. The fraction of sp³-hybridized carbons (Fsp3) is 0.167. The molecule has 0 bridgehead atoms. The van der Waals surface area contributed by atoms with Gasteiger partial charge >= 0.3 is 0 Å². The Morgan fingerprint density at radius 3 is 2.67 bits per heavy atom. The van der Waals surface area contributed by atoms with E-state index < -0.39 is 0 Å². The van der Waals surface area contributed by atoms with Gasteiger partial charge in [-0.3, -0.25) is 4.79 Å². The average molecular weight is 122 g/mol. The third-order valence-electron chi connectivity index (χ3n) is 1.30. The van der Waals surface area contributed by atoms with E-state index in [0.717, 1.165) is 11.2 Å². The van der Waals surface area contributed by atoms with Crippen LogP contribution in [0.25, 0.3) is 0 Å². The van der Waals surface area contributed by atoms with Crippen molar-refractivity contribution < 1.29 is 9.21 Å². The summed E-state index contributed by atoms with van der Waals surface area (Å²) >= 11 is 0. The number of carbonyl (C=O) groups excluding carboxylic acids is 1. The van der Waals surface area contributed by atoms with Crippen LogP contribution >= 0.6 is 0 Å². The van der Waals surface area contributed by atoms with Crippen molar-refractivity contribution in [3.63, 3.8) is 0 Å². The highest BCUT2D eigenvalue weighted by Crippen LogP contribution is 1.98. The summed E-state index contributed by atoms with van der Waals surface area (Å²) < 4.78 is 5.00. The molecule has 0 unspecified atom stereocenters. The van der Waals surface area contributed by atoms with Crippen LogP contribution in [0.15, 0.2) is 10.5 Å². The van der Waals surface area contributed by atoms with Crippen LogP contribution in [0.5, 0.6) is 0 Å². The van der Waals surface area contributed by atoms with E-state index in [0.29, 0.717) is 12.0 Å². The quantitative estimate of drug-likeness (QED) is 0.376. The van der Waals surface area contributed by atoms with Gasteiger partial charge in [-0.15, -0.1) is 0 Å². The number of rotatable bonds is 1. The van der Waals surface area contributed by atoms with Crippen molar-refractivity contribution in [2.75, 3.05) is 0 Å². The highest BCUT2D eigenvalue weighted by Gasteiger charge is 1.99. The first-order chi connectivity index (χ1) is 4.24. The number of furan rings is 1. The topological polar surface area (TPSA) is 30.2 Å². The highest BCUT2D eigenvalue weighted by molar-refractivity contribution is 6.33. The zero-order valence-electron chi connectivity index (χ0n) is 5.47. The summed E-state index contributed by atoms with van der Waals surface area (Å²) in [5, 5.41) is 0. The van der Waals surface area contributed by atoms with E-state index in [-0.39, 0.29) is 0 Å². The molecular weight excluding hydrogens is 115 g/mol. The third kappa shape index (κ3) is 1.04. The third-order valence-corrected chi connectivity index (χ3v) is 1.30. The molecule has 0 N–H and O–H groups in total. The molecule has 0 spiro atoms. The number of aryl methyl sites for hydroxylation is 1. The van der Waals surface area contributed by atoms with Crippen LogP contribution < -0.4 is 5.46 Å². The number of carbonyl (C=O) groups is 1. The molecule has 2 nitrogen and oxygen atoms in total. The molecule has 0 fully saturated rings. The van der Waals surface area contributed by atoms with Crippen LogP contribution in [0, 0.1) is 6.92 Å². The molecule has 0 saturated carbocycles. The molecule has 0 atom stereocenters. The molecular formula is C6H7BO2. The van der Waals surface area contributed by atoms with Crippen LogP contribution in [0.3, 0.4) is 0 Å². The van der Waals surface area contributed by atoms with Crippen molar-refractivity contribution in [2.45, 2.75) is 6.92 Å². The van der Waals surface area contributed by atoms with Gasteiger partial charge in [0.05, 0.1) is 5.76 Å². The lowest BCUT2D eigenvalue weighted by Crippen LogP contribution is -1.99. The van der Waals surface area contributed by atoms with Gasteiger partial charge in [0.25, 0.3) is 0 Å². The van der Waals surface area contributed by atoms with Gasteiger partial charge in [-0.1, -0.05) is 0 Å². The summed E-state index contributed by atoms with van der Waals surface area (Å²) in [7, 11) is 1.91. The Bertz CT molecular complexity index is 207. The molecule has 0 radical (unpaired) electrons. The summed E-state index contributed by atoms with van der Waals surface area (Å²) in [4.78, 5) is 10.1. The van der Waals surface area contributed by atoms with Gasteiger partial charge in [-0.25, -0.2) is 0 Å². The maximum Gasteiger partial charge on any atom is 0.185 e. The molecule has 0 aliphatic rings. The van der Waals surface area contributed by atoms with Gasteiger partial charge in [-0.2, -0.15) is 0 Å². The molecule has 1 heterocycles. The van der Waals surface area contributed by atoms with Gasteiger partial charge in [0.2, 0.25) is 0 Å². The molecule has 9 heavy (non-hydrogen) atoms. The second kappa shape index (κ2) is 2.09. The van der Waals surface area contributed by atoms with Crippen LogP contribution in [0.2, 0.25) is 0 Å². The standard InChI is InChI=1S/C6H7BO2/c1-4-6(7)2-5(3-8)9-4/h2-3H,7H2,1H3. The molecule has 46 valence electrons. The Hall–Kier alpha value is -0.985. The highest BCUT2D eigenvalue weighted by atomic mass is 16.3. The smallest absolute Gasteiger partial charge is 0.185 e. The fourth-order valence-corrected chi connectivity index (χ4v) is 0.660. The Morgan fingerprint density at radius 1 is 1.78 bits per heavy atom. The Balaban J connectivity index is 3.11. The van der Waals surface area contributed by atoms with Crippen LogP contribution in [0.4, 0.5) is 0 Å². The van der Waals surface area contributed by atoms with Gasteiger partial charge < -0.3 is 4.42 Å². The van der Waals surface area contributed by atoms with E-state index in [1.807, 2.05) is 14.8 Å². The van der Waals surface area contributed by atoms with Crippen LogP contribution in [-0.2, 0) is 0 Å². The first-order valence-electron chi connectivity index (χ1n) is 2.76. The molecule has 1 aromatic rings. The van der Waals surface area contributed by atoms with E-state index in [9.17, 15) is 4.79 Å². The summed E-state index contributed by atoms with van der Waals surface area (Å²) in [5.74, 6) is 1.22. The van der Waals surface area contributed by atoms with E-state index in [1.54, 1.807) is 6.07 Å². The first-order valence-corrected chi connectivity index (χ1v) is 2.76. The normalized spacial score (nSPS) is 9.44. The minimum absolute atomic E-state index is 0.407. The zero-order valence-corrected chi connectivity index (χ0v) is 5.47. The summed E-state index contributed by atoms with van der Waals surface area (Å²) in [6.45, 7) is 1.84. The van der Waals surface area contributed by atoms with Gasteiger partial charge in [0, 0.05) is 0 Å². The van der Waals surface area contributed by atoms with Gasteiger partial charge in [0.1, 0.15) is 7.85 Å². The molecule has 0 aromatic carbocycles. The van der Waals surface area contributed by atoms with E-state index in [4.69, 9.17) is 4.42 Å². The van der Waals surface area contributed by atoms with Crippen LogP contribution in [0.1, 0.15) is 16.3 Å². The van der Waals surface area contributed by atoms with Gasteiger partial charge in [-0.05, 0) is 18.5 Å². The van der Waals surface area contributed by atoms with E-state index in [2.05, 4.69) is 0 Å². The minimum atomic E-state index is 0.407. The van der Waals surface area contributed by atoms with Crippen molar-refractivity contribution in [3.8, 4) is 0 Å². The van der Waals surface area contributed by atoms with Crippen molar-refractivity contribution in [1.82, 2.24) is 0 Å². The van der Waals surface area contributed by atoms with Crippen molar-refractivity contribution in [2.24, 2.45) is 0 Å². The Morgan fingerprint density at radius 2 is 2.44 bits per heavy atom. The fourth-order valence-electron chi connectivity index (χ4n) is 0.660. The van der Waals surface area contributed by atoms with E-state index >= 15 is 0 Å². The maximum atomic E-state index is 10.1. The zero-order chi connectivity index (χ0) is 6.85. The molecule has 1 aromatic heterocycles. The molecule has 0 aliphatic heterocycles. The van der Waals surface area contributed by atoms with Crippen molar-refractivity contribution in [1.29, 1.82) is 0 Å². The largest absolute Gasteiger partial charge is 0.459 e. The number of hydrogen-bond donors (Lipinski definition) is 0. The number of hydrogen-bond acceptors (Lipinski definition) is 2. The molecule has 3 heteroatoms. The Kier molecular flexibility index (Phi) is 1.43. The van der Waals surface area contributed by atoms with Crippen molar-refractivity contribution >= 4 is 19.6 Å². The monoisotopic (exact) mass is 122 g/mol. The summed E-state index contributed by atoms with van der Waals surface area (Å²) in [5.41, 5.74) is 1.03. The second-order valence-corrected chi connectivity index (χ2v) is 2.01. The minimum Gasteiger partial charge on any atom is -0.459 e. The predicted octanol–water partition coefficient (Wildman–Crippen LogP) is -0.341. The molecule has 0 amide bonds. The molecule has 0 aliphatic carbocycles. The van der Waals surface area contributed by atoms with Crippen molar-refractivity contribution in [3.05, 3.63) is 17.6 Å². The Labute approximate surface area is 54.3 Å². The summed E-state index contributed by atoms with van der Waals surface area (Å²) in [6, 6.07) is 1.72. The lowest BCUT2D eigenvalue weighted by atomic mass is 9.97. The van der Waals surface area contributed by atoms with E-state index in [1.165, 1.54) is 0 Å². The average Bonchev–Trinajstić information content (AvgIpc) is 2.13. The lowest BCUT2D eigenvalue weighted by molar-refractivity contribution is 0.109. The maximum absolute atomic E-state index is 10.1. The SMILES string of the molecule is Bc1cc(C=O)oc1C. The first kappa shape index (κ1) is 6.14.